The molecule has 3 N–H and O–H groups in total. The minimum Gasteiger partial charge on any atom is -0.512 e. The number of hydrogen-bond donors (Lipinski definition) is 3. The van der Waals surface area contributed by atoms with Gasteiger partial charge in [0.2, 0.25) is 0 Å². The molecule has 4 nitrogen and oxygen atoms in total. The molecule has 0 aliphatic heterocycles. The molecule has 0 atom stereocenters. The fourth-order valence-electron chi connectivity index (χ4n) is 0.321. The standard InChI is InChI=1S/C5H7NO3/c1-3(7)4(2-6)5(8)9/h2,6-7H,1H3,(H,8,9). The van der Waals surface area contributed by atoms with E-state index in [9.17, 15) is 4.79 Å². The molecule has 0 bridgehead atoms. The highest BCUT2D eigenvalue weighted by atomic mass is 16.4. The Balaban J connectivity index is 4.55. The largest absolute Gasteiger partial charge is 0.512 e. The van der Waals surface area contributed by atoms with Crippen molar-refractivity contribution in [1.29, 1.82) is 5.41 Å². The second-order valence-corrected chi connectivity index (χ2v) is 1.45. The van der Waals surface area contributed by atoms with Crippen LogP contribution in [0.5, 0.6) is 0 Å². The molecule has 0 aromatic heterocycles. The van der Waals surface area contributed by atoms with E-state index < -0.39 is 5.97 Å². The monoisotopic (exact) mass is 129 g/mol. The Morgan fingerprint density at radius 3 is 2.00 bits per heavy atom. The minimum atomic E-state index is -1.29. The molecular formula is C5H7NO3. The lowest BCUT2D eigenvalue weighted by Gasteiger charge is -1.92. The summed E-state index contributed by atoms with van der Waals surface area (Å²) < 4.78 is 0. The molecule has 0 rings (SSSR count). The smallest absolute Gasteiger partial charge is 0.340 e. The molecule has 0 unspecified atom stereocenters. The Bertz CT molecular complexity index is 167. The van der Waals surface area contributed by atoms with Crippen LogP contribution in [0.1, 0.15) is 6.92 Å². The van der Waals surface area contributed by atoms with Crippen molar-refractivity contribution in [2.45, 2.75) is 6.92 Å². The number of rotatable bonds is 2. The first-order valence-electron chi connectivity index (χ1n) is 2.23. The molecule has 0 spiro atoms. The molecule has 9 heavy (non-hydrogen) atoms. The van der Waals surface area contributed by atoms with Crippen LogP contribution < -0.4 is 0 Å². The van der Waals surface area contributed by atoms with E-state index in [2.05, 4.69) is 0 Å². The Labute approximate surface area is 51.9 Å². The van der Waals surface area contributed by atoms with Gasteiger partial charge in [-0.3, -0.25) is 0 Å². The number of carboxylic acids is 1. The summed E-state index contributed by atoms with van der Waals surface area (Å²) in [5.74, 6) is -1.64. The Hall–Kier alpha value is -1.32. The van der Waals surface area contributed by atoms with Crippen molar-refractivity contribution < 1.29 is 15.0 Å². The summed E-state index contributed by atoms with van der Waals surface area (Å²) in [7, 11) is 0. The van der Waals surface area contributed by atoms with Crippen molar-refractivity contribution in [1.82, 2.24) is 0 Å². The van der Waals surface area contributed by atoms with Gasteiger partial charge >= 0.3 is 5.97 Å². The van der Waals surface area contributed by atoms with Crippen molar-refractivity contribution in [3.8, 4) is 0 Å². The number of hydrogen-bond acceptors (Lipinski definition) is 3. The Morgan fingerprint density at radius 2 is 2.00 bits per heavy atom. The van der Waals surface area contributed by atoms with Crippen molar-refractivity contribution in [3.05, 3.63) is 11.3 Å². The van der Waals surface area contributed by atoms with Crippen LogP contribution >= 0.6 is 0 Å². The predicted molar refractivity (Wildman–Crippen MR) is 31.7 cm³/mol. The van der Waals surface area contributed by atoms with Gasteiger partial charge in [0.05, 0.1) is 0 Å². The van der Waals surface area contributed by atoms with Crippen LogP contribution in [0.15, 0.2) is 11.3 Å². The van der Waals surface area contributed by atoms with E-state index in [-0.39, 0.29) is 11.3 Å². The first-order valence-corrected chi connectivity index (χ1v) is 2.23. The van der Waals surface area contributed by atoms with Crippen LogP contribution in [-0.4, -0.2) is 22.4 Å². The van der Waals surface area contributed by atoms with Crippen LogP contribution in [0.4, 0.5) is 0 Å². The third kappa shape index (κ3) is 1.94. The van der Waals surface area contributed by atoms with Crippen LogP contribution in [0, 0.1) is 5.41 Å². The van der Waals surface area contributed by atoms with Gasteiger partial charge in [0.15, 0.2) is 0 Å². The third-order valence-electron chi connectivity index (χ3n) is 0.765. The summed E-state index contributed by atoms with van der Waals surface area (Å²) in [6, 6.07) is 0. The lowest BCUT2D eigenvalue weighted by molar-refractivity contribution is -0.132. The van der Waals surface area contributed by atoms with E-state index in [0.717, 1.165) is 0 Å². The fraction of sp³-hybridized carbons (Fsp3) is 0.200. The normalized spacial score (nSPS) is 12.1. The molecule has 0 heterocycles. The second kappa shape index (κ2) is 2.86. The van der Waals surface area contributed by atoms with Gasteiger partial charge in [-0.15, -0.1) is 0 Å². The van der Waals surface area contributed by atoms with E-state index in [0.29, 0.717) is 6.21 Å². The van der Waals surface area contributed by atoms with E-state index in [1.165, 1.54) is 6.92 Å². The molecule has 0 aliphatic rings. The van der Waals surface area contributed by atoms with Crippen molar-refractivity contribution in [3.63, 3.8) is 0 Å². The third-order valence-corrected chi connectivity index (χ3v) is 0.765. The number of aliphatic carboxylic acids is 1. The lowest BCUT2D eigenvalue weighted by atomic mass is 10.2. The molecule has 0 saturated carbocycles. The van der Waals surface area contributed by atoms with E-state index in [1.54, 1.807) is 0 Å². The minimum absolute atomic E-state index is 0.350. The highest BCUT2D eigenvalue weighted by Crippen LogP contribution is 1.95. The van der Waals surface area contributed by atoms with E-state index >= 15 is 0 Å². The summed E-state index contributed by atoms with van der Waals surface area (Å²) in [5.41, 5.74) is -0.380. The molecule has 0 aromatic carbocycles. The van der Waals surface area contributed by atoms with Crippen LogP contribution in [-0.2, 0) is 4.79 Å². The number of aliphatic hydroxyl groups excluding tert-OH is 1. The first-order chi connectivity index (χ1) is 4.09. The Morgan fingerprint density at radius 1 is 1.56 bits per heavy atom. The van der Waals surface area contributed by atoms with Gasteiger partial charge in [-0.2, -0.15) is 0 Å². The number of carbonyl (C=O) groups is 1. The Kier molecular flexibility index (Phi) is 2.44. The van der Waals surface area contributed by atoms with Gasteiger partial charge in [-0.1, -0.05) is 0 Å². The van der Waals surface area contributed by atoms with Crippen molar-refractivity contribution in [2.24, 2.45) is 0 Å². The molecular weight excluding hydrogens is 122 g/mol. The number of nitrogens with one attached hydrogen (secondary N) is 1. The van der Waals surface area contributed by atoms with Crippen LogP contribution in [0.25, 0.3) is 0 Å². The van der Waals surface area contributed by atoms with Gasteiger partial charge in [-0.25, -0.2) is 4.79 Å². The molecule has 0 saturated heterocycles. The summed E-state index contributed by atoms with van der Waals surface area (Å²) in [6.07, 6.45) is 0.595. The number of carboxylic acid groups (broad SMARTS) is 1. The maximum atomic E-state index is 10.0. The number of allylic oxidation sites excluding steroid dienone is 1. The zero-order valence-corrected chi connectivity index (χ0v) is 4.88. The quantitative estimate of drug-likeness (QED) is 0.289. The van der Waals surface area contributed by atoms with Gasteiger partial charge in [0.25, 0.3) is 0 Å². The van der Waals surface area contributed by atoms with Crippen LogP contribution in [0.3, 0.4) is 0 Å². The van der Waals surface area contributed by atoms with Gasteiger partial charge in [0.1, 0.15) is 11.3 Å². The average Bonchev–Trinajstić information content (AvgIpc) is 1.64. The molecule has 0 amide bonds. The molecule has 0 radical (unpaired) electrons. The van der Waals surface area contributed by atoms with Gasteiger partial charge in [0, 0.05) is 6.21 Å². The second-order valence-electron chi connectivity index (χ2n) is 1.45. The maximum absolute atomic E-state index is 10.0. The molecule has 0 aromatic rings. The molecule has 0 aliphatic carbocycles. The summed E-state index contributed by atoms with van der Waals surface area (Å²) in [6.45, 7) is 1.22. The number of aliphatic hydroxyl groups is 1. The molecule has 50 valence electrons. The fourth-order valence-corrected chi connectivity index (χ4v) is 0.321. The highest BCUT2D eigenvalue weighted by molar-refractivity contribution is 6.07. The summed E-state index contributed by atoms with van der Waals surface area (Å²) in [4.78, 5) is 10.0. The SMILES string of the molecule is CC(O)=C(C=N)C(=O)O. The lowest BCUT2D eigenvalue weighted by Crippen LogP contribution is -2.03. The molecule has 4 heteroatoms. The summed E-state index contributed by atoms with van der Waals surface area (Å²) >= 11 is 0. The van der Waals surface area contributed by atoms with Crippen molar-refractivity contribution in [2.75, 3.05) is 0 Å². The summed E-state index contributed by atoms with van der Waals surface area (Å²) in [5, 5.41) is 23.2. The zero-order valence-electron chi connectivity index (χ0n) is 4.88. The average molecular weight is 129 g/mol. The zero-order chi connectivity index (χ0) is 7.44. The van der Waals surface area contributed by atoms with Crippen molar-refractivity contribution >= 4 is 12.2 Å². The van der Waals surface area contributed by atoms with E-state index in [1.807, 2.05) is 0 Å². The topological polar surface area (TPSA) is 81.4 Å². The van der Waals surface area contributed by atoms with Crippen LogP contribution in [0.2, 0.25) is 0 Å². The van der Waals surface area contributed by atoms with Gasteiger partial charge in [-0.05, 0) is 6.92 Å². The maximum Gasteiger partial charge on any atom is 0.340 e. The molecule has 0 fully saturated rings. The highest BCUT2D eigenvalue weighted by Gasteiger charge is 2.05. The van der Waals surface area contributed by atoms with E-state index in [4.69, 9.17) is 15.6 Å². The predicted octanol–water partition coefficient (Wildman–Crippen LogP) is 0.553. The van der Waals surface area contributed by atoms with Gasteiger partial charge < -0.3 is 15.6 Å². The first kappa shape index (κ1) is 7.68.